The number of nitrogens with zero attached hydrogens (tertiary/aromatic N) is 5. The normalized spacial score (nSPS) is 18.6. The Morgan fingerprint density at radius 2 is 2.37 bits per heavy atom. The van der Waals surface area contributed by atoms with Gasteiger partial charge in [-0.15, -0.1) is 14.9 Å². The topological polar surface area (TPSA) is 141 Å². The lowest BCUT2D eigenvalue weighted by molar-refractivity contribution is 0.148. The summed E-state index contributed by atoms with van der Waals surface area (Å²) in [6.45, 7) is -0.208. The second-order valence-corrected chi connectivity index (χ2v) is 4.63. The van der Waals surface area contributed by atoms with E-state index in [1.165, 1.54) is 17.2 Å². The van der Waals surface area contributed by atoms with E-state index in [1.54, 1.807) is 0 Å². The van der Waals surface area contributed by atoms with Crippen molar-refractivity contribution in [1.29, 1.82) is 0 Å². The van der Waals surface area contributed by atoms with E-state index in [4.69, 9.17) is 15.6 Å². The molecule has 0 radical (unpaired) electrons. The first-order valence-corrected chi connectivity index (χ1v) is 6.03. The maximum atomic E-state index is 12.1. The molecule has 1 aliphatic heterocycles. The van der Waals surface area contributed by atoms with Gasteiger partial charge >= 0.3 is 5.56 Å². The van der Waals surface area contributed by atoms with Gasteiger partial charge in [-0.3, -0.25) is 4.79 Å². The van der Waals surface area contributed by atoms with Gasteiger partial charge in [0, 0.05) is 5.41 Å². The molecule has 4 N–H and O–H groups in total. The Morgan fingerprint density at radius 3 is 3.05 bits per heavy atom. The molecule has 2 aromatic rings. The van der Waals surface area contributed by atoms with Crippen molar-refractivity contribution in [3.05, 3.63) is 15.8 Å². The highest BCUT2D eigenvalue weighted by Gasteiger charge is 2.24. The first-order chi connectivity index (χ1) is 9.11. The number of thioether (sulfide) groups is 1. The fourth-order valence-electron chi connectivity index (χ4n) is 1.58. The zero-order valence-corrected chi connectivity index (χ0v) is 10.1. The van der Waals surface area contributed by atoms with Crippen LogP contribution in [0.15, 0.2) is 10.2 Å². The van der Waals surface area contributed by atoms with Crippen LogP contribution >= 0.6 is 11.8 Å². The lowest BCUT2D eigenvalue weighted by Gasteiger charge is -2.08. The van der Waals surface area contributed by atoms with Crippen LogP contribution in [-0.2, 0) is 4.74 Å². The lowest BCUT2D eigenvalue weighted by Crippen LogP contribution is -2.26. The van der Waals surface area contributed by atoms with Gasteiger partial charge in [-0.1, -0.05) is 21.8 Å². The molecule has 11 heteroatoms. The molecule has 1 atom stereocenters. The van der Waals surface area contributed by atoms with Crippen molar-refractivity contribution >= 4 is 34.5 Å². The number of nitrogens with two attached hydrogens (primary N) is 1. The molecular formula is C8H8N6O4S. The Kier molecular flexibility index (Phi) is 2.57. The summed E-state index contributed by atoms with van der Waals surface area (Å²) in [4.78, 5) is 12.5. The summed E-state index contributed by atoms with van der Waals surface area (Å²) in [6, 6.07) is 0. The van der Waals surface area contributed by atoms with E-state index in [1.807, 2.05) is 0 Å². The molecule has 0 saturated heterocycles. The molecule has 10 nitrogen and oxygen atoms in total. The number of fused-ring (bicyclic) bond motifs is 1. The standard InChI is InChI=1S/C8H8N6O4S/c9-7-5-6(14(17)11-7)8(16)13(12-10-5)3-2-19-4(1-15)18-3/h2,4,15,17H,1H2,(H2,9,11). The molecule has 3 heterocycles. The smallest absolute Gasteiger partial charge is 0.307 e. The van der Waals surface area contributed by atoms with Crippen LogP contribution in [0.25, 0.3) is 16.9 Å². The van der Waals surface area contributed by atoms with E-state index in [0.717, 1.165) is 4.68 Å². The molecule has 1 aliphatic rings. The highest BCUT2D eigenvalue weighted by Crippen LogP contribution is 2.28. The van der Waals surface area contributed by atoms with Gasteiger partial charge in [0.15, 0.2) is 22.3 Å². The third-order valence-electron chi connectivity index (χ3n) is 2.43. The molecule has 0 aromatic carbocycles. The highest BCUT2D eigenvalue weighted by atomic mass is 32.2. The molecule has 2 aromatic heterocycles. The maximum absolute atomic E-state index is 12.1. The van der Waals surface area contributed by atoms with Crippen molar-refractivity contribution in [1.82, 2.24) is 24.9 Å². The number of aliphatic hydroxyl groups excluding tert-OH is 1. The molecule has 100 valence electrons. The van der Waals surface area contributed by atoms with Gasteiger partial charge in [0.2, 0.25) is 5.88 Å². The second kappa shape index (κ2) is 4.13. The van der Waals surface area contributed by atoms with Gasteiger partial charge in [-0.2, -0.15) is 0 Å². The van der Waals surface area contributed by atoms with Crippen molar-refractivity contribution in [2.75, 3.05) is 12.3 Å². The number of hydrogen-bond acceptors (Lipinski definition) is 9. The number of aliphatic hydroxyl groups is 1. The van der Waals surface area contributed by atoms with E-state index in [0.29, 0.717) is 4.85 Å². The average Bonchev–Trinajstić information content (AvgIpc) is 2.96. The Morgan fingerprint density at radius 1 is 1.58 bits per heavy atom. The summed E-state index contributed by atoms with van der Waals surface area (Å²) < 4.78 is 6.12. The molecular weight excluding hydrogens is 276 g/mol. The van der Waals surface area contributed by atoms with Crippen LogP contribution in [0.5, 0.6) is 0 Å². The summed E-state index contributed by atoms with van der Waals surface area (Å²) in [5, 5.41) is 30.8. The third-order valence-corrected chi connectivity index (χ3v) is 3.32. The van der Waals surface area contributed by atoms with Gasteiger partial charge < -0.3 is 20.8 Å². The first-order valence-electron chi connectivity index (χ1n) is 5.09. The van der Waals surface area contributed by atoms with E-state index < -0.39 is 11.0 Å². The van der Waals surface area contributed by atoms with Crippen LogP contribution in [0.4, 0.5) is 5.82 Å². The van der Waals surface area contributed by atoms with Crippen LogP contribution < -0.4 is 11.3 Å². The molecule has 3 rings (SSSR count). The van der Waals surface area contributed by atoms with Crippen LogP contribution in [-0.4, -0.2) is 47.3 Å². The fourth-order valence-corrected chi connectivity index (χ4v) is 2.24. The van der Waals surface area contributed by atoms with Gasteiger partial charge in [0.25, 0.3) is 0 Å². The van der Waals surface area contributed by atoms with Crippen molar-refractivity contribution < 1.29 is 15.1 Å². The molecule has 0 spiro atoms. The van der Waals surface area contributed by atoms with Gasteiger partial charge in [-0.05, 0) is 0 Å². The maximum Gasteiger partial charge on any atom is 0.307 e. The van der Waals surface area contributed by atoms with Crippen LogP contribution in [0.3, 0.4) is 0 Å². The van der Waals surface area contributed by atoms with Crippen molar-refractivity contribution in [3.8, 4) is 0 Å². The second-order valence-electron chi connectivity index (χ2n) is 3.60. The summed E-state index contributed by atoms with van der Waals surface area (Å²) in [6.07, 6.45) is 0. The minimum atomic E-state index is -0.679. The van der Waals surface area contributed by atoms with E-state index in [-0.39, 0.29) is 29.3 Å². The van der Waals surface area contributed by atoms with Gasteiger partial charge in [0.05, 0.1) is 6.61 Å². The Hall–Kier alpha value is -2.27. The fraction of sp³-hybridized carbons (Fsp3) is 0.250. The largest absolute Gasteiger partial charge is 0.460 e. The van der Waals surface area contributed by atoms with Crippen LogP contribution in [0.2, 0.25) is 0 Å². The summed E-state index contributed by atoms with van der Waals surface area (Å²) in [5.74, 6) is 0.0152. The zero-order chi connectivity index (χ0) is 13.6. The number of nitrogen functional groups attached to an aromatic ring is 1. The van der Waals surface area contributed by atoms with Crippen LogP contribution in [0.1, 0.15) is 0 Å². The number of anilines is 1. The number of rotatable bonds is 2. The quantitative estimate of drug-likeness (QED) is 0.570. The molecule has 0 saturated carbocycles. The predicted molar refractivity (Wildman–Crippen MR) is 65.0 cm³/mol. The van der Waals surface area contributed by atoms with Crippen LogP contribution in [0, 0.1) is 0 Å². The monoisotopic (exact) mass is 284 g/mol. The predicted octanol–water partition coefficient (Wildman–Crippen LogP) is -1.35. The minimum Gasteiger partial charge on any atom is -0.460 e. The minimum absolute atomic E-state index is 0.00806. The number of hydrogen-bond donors (Lipinski definition) is 3. The first kappa shape index (κ1) is 11.8. The molecule has 19 heavy (non-hydrogen) atoms. The summed E-state index contributed by atoms with van der Waals surface area (Å²) in [7, 11) is 0. The molecule has 1 unspecified atom stereocenters. The Labute approximate surface area is 109 Å². The van der Waals surface area contributed by atoms with Crippen molar-refractivity contribution in [2.24, 2.45) is 0 Å². The summed E-state index contributed by atoms with van der Waals surface area (Å²) in [5.41, 5.74) is 4.10. The van der Waals surface area contributed by atoms with Crippen molar-refractivity contribution in [2.45, 2.75) is 5.44 Å². The lowest BCUT2D eigenvalue weighted by atomic mass is 10.4. The zero-order valence-electron chi connectivity index (χ0n) is 9.29. The Bertz CT molecular complexity index is 737. The average molecular weight is 284 g/mol. The van der Waals surface area contributed by atoms with E-state index in [9.17, 15) is 10.0 Å². The molecule has 0 aliphatic carbocycles. The Balaban J connectivity index is 2.14. The van der Waals surface area contributed by atoms with E-state index >= 15 is 0 Å². The molecule has 0 bridgehead atoms. The van der Waals surface area contributed by atoms with E-state index in [2.05, 4.69) is 15.4 Å². The van der Waals surface area contributed by atoms with Gasteiger partial charge in [-0.25, -0.2) is 0 Å². The SMILES string of the molecule is Nc1nn(O)c2c(=O)n(C3=CSC(CO)O3)nnc12. The number of ether oxygens (including phenoxy) is 1. The van der Waals surface area contributed by atoms with Gasteiger partial charge in [0.1, 0.15) is 0 Å². The summed E-state index contributed by atoms with van der Waals surface area (Å²) >= 11 is 1.20. The molecule has 0 amide bonds. The highest BCUT2D eigenvalue weighted by molar-refractivity contribution is 8.03. The number of aromatic nitrogens is 5. The van der Waals surface area contributed by atoms with Crippen molar-refractivity contribution in [3.63, 3.8) is 0 Å². The molecule has 0 fully saturated rings. The third kappa shape index (κ3) is 1.70.